The number of piperidine rings is 1. The first-order valence-electron chi connectivity index (χ1n) is 13.5. The molecule has 210 valence electrons. The maximum Gasteiger partial charge on any atom is 0.350 e. The van der Waals surface area contributed by atoms with Crippen molar-refractivity contribution in [2.24, 2.45) is 16.5 Å². The molecule has 1 aromatic heterocycles. The van der Waals surface area contributed by atoms with Crippen LogP contribution in [-0.4, -0.2) is 96.8 Å². The third-order valence-electron chi connectivity index (χ3n) is 7.33. The fraction of sp³-hybridized carbons (Fsp3) is 0.538. The molecular formula is C26H37N9O4. The molecule has 13 heteroatoms. The normalized spacial score (nSPS) is 17.8. The summed E-state index contributed by atoms with van der Waals surface area (Å²) in [5, 5.41) is 6.14. The number of hydrogen-bond acceptors (Lipinski definition) is 9. The van der Waals surface area contributed by atoms with Gasteiger partial charge in [-0.05, 0) is 44.0 Å². The van der Waals surface area contributed by atoms with Crippen LogP contribution >= 0.6 is 0 Å². The first kappa shape index (κ1) is 26.9. The summed E-state index contributed by atoms with van der Waals surface area (Å²) in [5.74, 6) is 1.38. The van der Waals surface area contributed by atoms with Gasteiger partial charge in [0.15, 0.2) is 23.3 Å². The maximum atomic E-state index is 12.9. The Bertz CT molecular complexity index is 1250. The largest absolute Gasteiger partial charge is 0.450 e. The van der Waals surface area contributed by atoms with E-state index in [0.717, 1.165) is 71.7 Å². The minimum atomic E-state index is -0.323. The number of rotatable bonds is 9. The average molecular weight is 540 g/mol. The number of likely N-dealkylation sites (tertiary alicyclic amines) is 1. The molecule has 1 aromatic carbocycles. The number of fused-ring (bicyclic) bond motifs is 2. The van der Waals surface area contributed by atoms with E-state index in [1.165, 1.54) is 0 Å². The number of morpholine rings is 1. The number of hydrogen-bond donors (Lipinski definition) is 4. The number of anilines is 2. The molecule has 39 heavy (non-hydrogen) atoms. The molecule has 6 N–H and O–H groups in total. The fourth-order valence-electron chi connectivity index (χ4n) is 5.16. The van der Waals surface area contributed by atoms with Crippen LogP contribution in [0.5, 0.6) is 11.5 Å². The van der Waals surface area contributed by atoms with Crippen molar-refractivity contribution in [1.29, 1.82) is 0 Å². The first-order chi connectivity index (χ1) is 19.0. The van der Waals surface area contributed by atoms with Crippen LogP contribution in [-0.2, 0) is 4.74 Å². The molecule has 0 atom stereocenters. The Labute approximate surface area is 227 Å². The molecule has 5 rings (SSSR count). The van der Waals surface area contributed by atoms with E-state index in [4.69, 9.17) is 20.9 Å². The molecule has 0 saturated carbocycles. The monoisotopic (exact) mass is 539 g/mol. The summed E-state index contributed by atoms with van der Waals surface area (Å²) in [7, 11) is 0. The zero-order valence-corrected chi connectivity index (χ0v) is 22.1. The van der Waals surface area contributed by atoms with Crippen LogP contribution in [0.25, 0.3) is 0 Å². The van der Waals surface area contributed by atoms with E-state index >= 15 is 0 Å². The standard InChI is InChI=1S/C26H37N9O4/c27-25(28)30-6-1-8-33-9-4-19(5-10-33)35-17-22-23(32-26(35)37)31-20-16-18(2-3-21(20)39-22)24(36)29-7-11-34-12-14-38-15-13-34/h2-3,16-17,19H,1,4-15H2,(H,29,36)(H4,27,28,30)(H,31,32,37). The Balaban J connectivity index is 1.16. The van der Waals surface area contributed by atoms with Crippen LogP contribution < -0.4 is 32.5 Å². The van der Waals surface area contributed by atoms with Gasteiger partial charge < -0.3 is 36.5 Å². The Kier molecular flexibility index (Phi) is 8.59. The van der Waals surface area contributed by atoms with Gasteiger partial charge in [-0.3, -0.25) is 19.3 Å². The predicted octanol–water partition coefficient (Wildman–Crippen LogP) is 0.455. The smallest absolute Gasteiger partial charge is 0.350 e. The topological polar surface area (TPSA) is 165 Å². The van der Waals surface area contributed by atoms with E-state index in [1.807, 2.05) is 0 Å². The van der Waals surface area contributed by atoms with Gasteiger partial charge in [0.1, 0.15) is 0 Å². The van der Waals surface area contributed by atoms with Crippen molar-refractivity contribution < 1.29 is 14.3 Å². The highest BCUT2D eigenvalue weighted by Gasteiger charge is 2.26. The van der Waals surface area contributed by atoms with Gasteiger partial charge in [0.05, 0.1) is 25.1 Å². The number of carbonyl (C=O) groups excluding carboxylic acids is 1. The summed E-state index contributed by atoms with van der Waals surface area (Å²) in [6, 6.07) is 5.27. The maximum absolute atomic E-state index is 12.9. The Morgan fingerprint density at radius 3 is 2.64 bits per heavy atom. The van der Waals surface area contributed by atoms with Crippen molar-refractivity contribution in [1.82, 2.24) is 24.7 Å². The highest BCUT2D eigenvalue weighted by atomic mass is 16.5. The third kappa shape index (κ3) is 6.85. The van der Waals surface area contributed by atoms with Crippen molar-refractivity contribution in [3.05, 3.63) is 40.4 Å². The lowest BCUT2D eigenvalue weighted by Crippen LogP contribution is -2.41. The molecule has 0 unspecified atom stereocenters. The van der Waals surface area contributed by atoms with Crippen LogP contribution in [0, 0.1) is 0 Å². The highest BCUT2D eigenvalue weighted by Crippen LogP contribution is 2.41. The molecule has 4 heterocycles. The first-order valence-corrected chi connectivity index (χ1v) is 13.5. The molecule has 0 radical (unpaired) electrons. The van der Waals surface area contributed by atoms with Crippen molar-refractivity contribution in [2.75, 3.05) is 70.9 Å². The minimum absolute atomic E-state index is 0.0535. The summed E-state index contributed by atoms with van der Waals surface area (Å²) in [6.07, 6.45) is 4.32. The molecule has 3 aliphatic heterocycles. The molecule has 0 aliphatic carbocycles. The molecular weight excluding hydrogens is 502 g/mol. The van der Waals surface area contributed by atoms with Gasteiger partial charge in [-0.1, -0.05) is 0 Å². The number of amides is 1. The number of carbonyl (C=O) groups is 1. The van der Waals surface area contributed by atoms with E-state index in [0.29, 0.717) is 41.7 Å². The quantitative estimate of drug-likeness (QED) is 0.170. The molecule has 0 bridgehead atoms. The predicted molar refractivity (Wildman–Crippen MR) is 148 cm³/mol. The fourth-order valence-corrected chi connectivity index (χ4v) is 5.16. The molecule has 13 nitrogen and oxygen atoms in total. The van der Waals surface area contributed by atoms with Gasteiger partial charge in [-0.2, -0.15) is 4.98 Å². The van der Waals surface area contributed by atoms with Gasteiger partial charge in [-0.25, -0.2) is 4.79 Å². The number of ether oxygens (including phenoxy) is 2. The van der Waals surface area contributed by atoms with Crippen molar-refractivity contribution in [2.45, 2.75) is 25.3 Å². The van der Waals surface area contributed by atoms with Gasteiger partial charge >= 0.3 is 5.69 Å². The molecule has 0 spiro atoms. The van der Waals surface area contributed by atoms with Crippen molar-refractivity contribution >= 4 is 23.4 Å². The molecule has 2 aromatic rings. The van der Waals surface area contributed by atoms with Crippen LogP contribution in [0.1, 0.15) is 35.7 Å². The lowest BCUT2D eigenvalue weighted by molar-refractivity contribution is 0.0383. The lowest BCUT2D eigenvalue weighted by atomic mass is 10.0. The van der Waals surface area contributed by atoms with E-state index in [1.54, 1.807) is 29.0 Å². The summed E-state index contributed by atoms with van der Waals surface area (Å²) in [6.45, 7) is 7.85. The highest BCUT2D eigenvalue weighted by molar-refractivity contribution is 5.96. The number of aromatic nitrogens is 2. The number of nitrogens with one attached hydrogen (secondary N) is 2. The lowest BCUT2D eigenvalue weighted by Gasteiger charge is -2.33. The van der Waals surface area contributed by atoms with Gasteiger partial charge in [0.25, 0.3) is 5.91 Å². The van der Waals surface area contributed by atoms with Gasteiger partial charge in [-0.15, -0.1) is 0 Å². The second-order valence-corrected chi connectivity index (χ2v) is 10.0. The Morgan fingerprint density at radius 1 is 1.10 bits per heavy atom. The van der Waals surface area contributed by atoms with E-state index < -0.39 is 0 Å². The summed E-state index contributed by atoms with van der Waals surface area (Å²) >= 11 is 0. The number of aliphatic imine (C=N–C) groups is 1. The third-order valence-corrected chi connectivity index (χ3v) is 7.33. The Morgan fingerprint density at radius 2 is 1.87 bits per heavy atom. The number of guanidine groups is 1. The van der Waals surface area contributed by atoms with Crippen LogP contribution in [0.2, 0.25) is 0 Å². The number of nitrogens with two attached hydrogens (primary N) is 2. The van der Waals surface area contributed by atoms with E-state index in [9.17, 15) is 9.59 Å². The molecule has 3 aliphatic rings. The Hall–Kier alpha value is -3.68. The van der Waals surface area contributed by atoms with E-state index in [-0.39, 0.29) is 23.6 Å². The van der Waals surface area contributed by atoms with Crippen molar-refractivity contribution in [3.63, 3.8) is 0 Å². The SMILES string of the molecule is NC(N)=NCCCN1CCC(n2cc3c(nc2=O)Nc2cc(C(=O)NCCN4CCOCC4)ccc2O3)CC1. The van der Waals surface area contributed by atoms with Crippen LogP contribution in [0.15, 0.2) is 34.2 Å². The molecule has 2 fully saturated rings. The molecule has 2 saturated heterocycles. The minimum Gasteiger partial charge on any atom is -0.450 e. The molecule has 1 amide bonds. The zero-order valence-electron chi connectivity index (χ0n) is 22.1. The van der Waals surface area contributed by atoms with Crippen LogP contribution in [0.4, 0.5) is 11.5 Å². The summed E-state index contributed by atoms with van der Waals surface area (Å²) < 4.78 is 13.1. The second-order valence-electron chi connectivity index (χ2n) is 10.0. The second kappa shape index (κ2) is 12.5. The van der Waals surface area contributed by atoms with Crippen LogP contribution in [0.3, 0.4) is 0 Å². The zero-order chi connectivity index (χ0) is 27.2. The number of benzene rings is 1. The van der Waals surface area contributed by atoms with E-state index in [2.05, 4.69) is 30.4 Å². The summed E-state index contributed by atoms with van der Waals surface area (Å²) in [5.41, 5.74) is 11.5. The summed E-state index contributed by atoms with van der Waals surface area (Å²) in [4.78, 5) is 38.5. The average Bonchev–Trinajstić information content (AvgIpc) is 2.94. The van der Waals surface area contributed by atoms with Gasteiger partial charge in [0, 0.05) is 57.4 Å². The van der Waals surface area contributed by atoms with Gasteiger partial charge in [0.2, 0.25) is 0 Å². The van der Waals surface area contributed by atoms with Crippen molar-refractivity contribution in [3.8, 4) is 11.5 Å². The number of nitrogens with zero attached hydrogens (tertiary/aromatic N) is 5.